The van der Waals surface area contributed by atoms with Crippen molar-refractivity contribution in [3.05, 3.63) is 101 Å². The molecule has 0 aliphatic rings. The fourth-order valence-electron chi connectivity index (χ4n) is 3.17. The Kier molecular flexibility index (Phi) is 5.61. The van der Waals surface area contributed by atoms with Crippen LogP contribution < -0.4 is 10.4 Å². The van der Waals surface area contributed by atoms with E-state index in [0.29, 0.717) is 11.3 Å². The lowest BCUT2D eigenvalue weighted by atomic mass is 10.0. The molecule has 0 fully saturated rings. The Morgan fingerprint density at radius 2 is 1.63 bits per heavy atom. The van der Waals surface area contributed by atoms with Crippen molar-refractivity contribution in [1.29, 1.82) is 0 Å². The van der Waals surface area contributed by atoms with Crippen LogP contribution in [-0.2, 0) is 16.1 Å². The van der Waals surface area contributed by atoms with Gasteiger partial charge >= 0.3 is 11.6 Å². The number of rotatable bonds is 6. The monoisotopic (exact) mass is 400 g/mol. The summed E-state index contributed by atoms with van der Waals surface area (Å²) in [5.41, 5.74) is 2.54. The first kappa shape index (κ1) is 19.5. The predicted octanol–water partition coefficient (Wildman–Crippen LogP) is 4.97. The van der Waals surface area contributed by atoms with Crippen LogP contribution in [0.1, 0.15) is 12.5 Å². The van der Waals surface area contributed by atoms with Crippen LogP contribution in [0, 0.1) is 0 Å². The summed E-state index contributed by atoms with van der Waals surface area (Å²) in [6, 6.07) is 25.7. The summed E-state index contributed by atoms with van der Waals surface area (Å²) in [6.45, 7) is 1.80. The van der Waals surface area contributed by atoms with Gasteiger partial charge in [0, 0.05) is 17.5 Å². The SMILES string of the molecule is C[C@H](Oc1ccc2c(-c3ccccc3)cc(=O)oc2c1)C(=O)OCc1ccccc1. The number of hydrogen-bond acceptors (Lipinski definition) is 5. The Morgan fingerprint density at radius 1 is 0.933 bits per heavy atom. The van der Waals surface area contributed by atoms with E-state index in [1.165, 1.54) is 6.07 Å². The molecule has 3 aromatic carbocycles. The molecule has 1 atom stereocenters. The molecule has 5 heteroatoms. The molecule has 0 bridgehead atoms. The highest BCUT2D eigenvalue weighted by Gasteiger charge is 2.17. The zero-order chi connectivity index (χ0) is 20.9. The molecule has 0 amide bonds. The molecular formula is C25H20O5. The van der Waals surface area contributed by atoms with Gasteiger partial charge in [-0.15, -0.1) is 0 Å². The van der Waals surface area contributed by atoms with Crippen LogP contribution >= 0.6 is 0 Å². The van der Waals surface area contributed by atoms with Crippen LogP contribution in [0.25, 0.3) is 22.1 Å². The molecule has 0 saturated heterocycles. The van der Waals surface area contributed by atoms with Gasteiger partial charge in [0.05, 0.1) is 0 Å². The Labute approximate surface area is 173 Å². The molecule has 4 aromatic rings. The average Bonchev–Trinajstić information content (AvgIpc) is 2.78. The molecule has 1 heterocycles. The van der Waals surface area contributed by atoms with Crippen molar-refractivity contribution in [2.24, 2.45) is 0 Å². The Balaban J connectivity index is 1.52. The molecule has 0 aliphatic carbocycles. The molecule has 5 nitrogen and oxygen atoms in total. The third-order valence-electron chi connectivity index (χ3n) is 4.67. The summed E-state index contributed by atoms with van der Waals surface area (Å²) >= 11 is 0. The van der Waals surface area contributed by atoms with Crippen LogP contribution in [-0.4, -0.2) is 12.1 Å². The van der Waals surface area contributed by atoms with Crippen LogP contribution in [0.15, 0.2) is 94.1 Å². The van der Waals surface area contributed by atoms with E-state index in [-0.39, 0.29) is 6.61 Å². The molecule has 30 heavy (non-hydrogen) atoms. The lowest BCUT2D eigenvalue weighted by molar-refractivity contribution is -0.152. The van der Waals surface area contributed by atoms with Crippen molar-refractivity contribution in [3.8, 4) is 16.9 Å². The van der Waals surface area contributed by atoms with Gasteiger partial charge in [-0.05, 0) is 35.7 Å². The van der Waals surface area contributed by atoms with E-state index in [9.17, 15) is 9.59 Å². The second kappa shape index (κ2) is 8.66. The topological polar surface area (TPSA) is 65.7 Å². The van der Waals surface area contributed by atoms with Gasteiger partial charge in [0.15, 0.2) is 6.10 Å². The fourth-order valence-corrected chi connectivity index (χ4v) is 3.17. The summed E-state index contributed by atoms with van der Waals surface area (Å²) in [5, 5.41) is 0.785. The van der Waals surface area contributed by atoms with Gasteiger partial charge in [-0.3, -0.25) is 0 Å². The first-order chi connectivity index (χ1) is 14.6. The third-order valence-corrected chi connectivity index (χ3v) is 4.67. The molecular weight excluding hydrogens is 380 g/mol. The van der Waals surface area contributed by atoms with Crippen LogP contribution in [0.2, 0.25) is 0 Å². The molecule has 0 unspecified atom stereocenters. The highest BCUT2D eigenvalue weighted by molar-refractivity contribution is 5.93. The minimum atomic E-state index is -0.810. The van der Waals surface area contributed by atoms with Crippen LogP contribution in [0.3, 0.4) is 0 Å². The zero-order valence-corrected chi connectivity index (χ0v) is 16.4. The summed E-state index contributed by atoms with van der Waals surface area (Å²) in [5.74, 6) is -0.0570. The molecule has 1 aromatic heterocycles. The lowest BCUT2D eigenvalue weighted by Gasteiger charge is -2.15. The number of carbonyl (C=O) groups excluding carboxylic acids is 1. The predicted molar refractivity (Wildman–Crippen MR) is 114 cm³/mol. The van der Waals surface area contributed by atoms with E-state index in [4.69, 9.17) is 13.9 Å². The van der Waals surface area contributed by atoms with E-state index >= 15 is 0 Å². The van der Waals surface area contributed by atoms with Crippen molar-refractivity contribution in [1.82, 2.24) is 0 Å². The normalized spacial score (nSPS) is 11.8. The maximum absolute atomic E-state index is 12.3. The summed E-state index contributed by atoms with van der Waals surface area (Å²) < 4.78 is 16.4. The Morgan fingerprint density at radius 3 is 2.37 bits per heavy atom. The highest BCUT2D eigenvalue weighted by Crippen LogP contribution is 2.29. The van der Waals surface area contributed by atoms with E-state index in [2.05, 4.69) is 0 Å². The van der Waals surface area contributed by atoms with Crippen molar-refractivity contribution >= 4 is 16.9 Å². The Bertz CT molecular complexity index is 1210. The van der Waals surface area contributed by atoms with Gasteiger partial charge in [0.2, 0.25) is 0 Å². The van der Waals surface area contributed by atoms with Crippen LogP contribution in [0.4, 0.5) is 0 Å². The van der Waals surface area contributed by atoms with Crippen LogP contribution in [0.5, 0.6) is 5.75 Å². The van der Waals surface area contributed by atoms with Crippen molar-refractivity contribution in [2.75, 3.05) is 0 Å². The number of hydrogen-bond donors (Lipinski definition) is 0. The molecule has 0 saturated carbocycles. The van der Waals surface area contributed by atoms with Gasteiger partial charge in [0.25, 0.3) is 0 Å². The van der Waals surface area contributed by atoms with Crippen molar-refractivity contribution < 1.29 is 18.7 Å². The van der Waals surface area contributed by atoms with Gasteiger partial charge in [-0.25, -0.2) is 9.59 Å². The largest absolute Gasteiger partial charge is 0.479 e. The maximum atomic E-state index is 12.3. The van der Waals surface area contributed by atoms with Gasteiger partial charge < -0.3 is 13.9 Å². The van der Waals surface area contributed by atoms with E-state index in [1.807, 2.05) is 66.7 Å². The number of benzene rings is 3. The first-order valence-electron chi connectivity index (χ1n) is 9.61. The minimum absolute atomic E-state index is 0.181. The number of fused-ring (bicyclic) bond motifs is 1. The average molecular weight is 400 g/mol. The van der Waals surface area contributed by atoms with Gasteiger partial charge in [-0.2, -0.15) is 0 Å². The number of esters is 1. The second-order valence-corrected chi connectivity index (χ2v) is 6.86. The van der Waals surface area contributed by atoms with Crippen molar-refractivity contribution in [2.45, 2.75) is 19.6 Å². The molecule has 4 rings (SSSR count). The molecule has 0 N–H and O–H groups in total. The van der Waals surface area contributed by atoms with E-state index in [0.717, 1.165) is 22.1 Å². The van der Waals surface area contributed by atoms with E-state index in [1.54, 1.807) is 19.1 Å². The maximum Gasteiger partial charge on any atom is 0.347 e. The molecule has 0 radical (unpaired) electrons. The molecule has 0 spiro atoms. The van der Waals surface area contributed by atoms with Gasteiger partial charge in [0.1, 0.15) is 17.9 Å². The second-order valence-electron chi connectivity index (χ2n) is 6.86. The lowest BCUT2D eigenvalue weighted by Crippen LogP contribution is -2.26. The smallest absolute Gasteiger partial charge is 0.347 e. The Hall–Kier alpha value is -3.86. The van der Waals surface area contributed by atoms with E-state index < -0.39 is 17.7 Å². The fraction of sp³-hybridized carbons (Fsp3) is 0.120. The number of ether oxygens (including phenoxy) is 2. The summed E-state index contributed by atoms with van der Waals surface area (Å²) in [4.78, 5) is 24.3. The molecule has 0 aliphatic heterocycles. The molecule has 150 valence electrons. The van der Waals surface area contributed by atoms with Gasteiger partial charge in [-0.1, -0.05) is 60.7 Å². The zero-order valence-electron chi connectivity index (χ0n) is 16.4. The first-order valence-corrected chi connectivity index (χ1v) is 9.61. The third kappa shape index (κ3) is 4.41. The summed E-state index contributed by atoms with van der Waals surface area (Å²) in [7, 11) is 0. The van der Waals surface area contributed by atoms with Crippen molar-refractivity contribution in [3.63, 3.8) is 0 Å². The highest BCUT2D eigenvalue weighted by atomic mass is 16.6. The number of carbonyl (C=O) groups is 1. The summed E-state index contributed by atoms with van der Waals surface area (Å²) in [6.07, 6.45) is -0.810. The quantitative estimate of drug-likeness (QED) is 0.338. The minimum Gasteiger partial charge on any atom is -0.479 e. The standard InChI is InChI=1S/C25H20O5/c1-17(25(27)28-16-18-8-4-2-5-9-18)29-20-12-13-21-22(19-10-6-3-7-11-19)15-24(26)30-23(21)14-20/h2-15,17H,16H2,1H3/t17-/m0/s1.